The Balaban J connectivity index is 2.03. The molecule has 1 fully saturated rings. The Morgan fingerprint density at radius 1 is 1.42 bits per heavy atom. The molecule has 0 aliphatic carbocycles. The van der Waals surface area contributed by atoms with Crippen LogP contribution in [0.15, 0.2) is 0 Å². The van der Waals surface area contributed by atoms with Gasteiger partial charge in [-0.2, -0.15) is 0 Å². The molecule has 0 radical (unpaired) electrons. The van der Waals surface area contributed by atoms with E-state index >= 15 is 0 Å². The molecule has 0 aromatic rings. The molecule has 0 amide bonds. The van der Waals surface area contributed by atoms with Gasteiger partial charge < -0.3 is 14.2 Å². The van der Waals surface area contributed by atoms with Gasteiger partial charge in [0.2, 0.25) is 0 Å². The maximum Gasteiger partial charge on any atom is 0.158 e. The fourth-order valence-electron chi connectivity index (χ4n) is 1.17. The summed E-state index contributed by atoms with van der Waals surface area (Å²) < 4.78 is 16.2. The number of hydrogen-bond acceptors (Lipinski definition) is 3. The SMILES string of the molecule is CCCOCC1COC(CC)O1. The van der Waals surface area contributed by atoms with Crippen LogP contribution in [0.4, 0.5) is 0 Å². The Kier molecular flexibility index (Phi) is 4.58. The first-order valence-corrected chi connectivity index (χ1v) is 4.71. The summed E-state index contributed by atoms with van der Waals surface area (Å²) in [7, 11) is 0. The van der Waals surface area contributed by atoms with Crippen LogP contribution in [-0.2, 0) is 14.2 Å². The van der Waals surface area contributed by atoms with Gasteiger partial charge in [0, 0.05) is 6.61 Å². The highest BCUT2D eigenvalue weighted by Gasteiger charge is 2.24. The maximum absolute atomic E-state index is 5.51. The van der Waals surface area contributed by atoms with Crippen molar-refractivity contribution in [3.05, 3.63) is 0 Å². The minimum atomic E-state index is 0.000210. The second kappa shape index (κ2) is 5.51. The Hall–Kier alpha value is -0.120. The molecule has 1 heterocycles. The molecule has 1 saturated heterocycles. The van der Waals surface area contributed by atoms with Crippen molar-refractivity contribution in [3.8, 4) is 0 Å². The smallest absolute Gasteiger partial charge is 0.158 e. The van der Waals surface area contributed by atoms with Crippen molar-refractivity contribution in [2.24, 2.45) is 0 Å². The molecule has 1 aliphatic heterocycles. The molecular formula is C9H18O3. The van der Waals surface area contributed by atoms with Crippen molar-refractivity contribution in [3.63, 3.8) is 0 Å². The third-order valence-electron chi connectivity index (χ3n) is 1.80. The molecule has 72 valence electrons. The summed E-state index contributed by atoms with van der Waals surface area (Å²) >= 11 is 0. The summed E-state index contributed by atoms with van der Waals surface area (Å²) in [6.07, 6.45) is 2.14. The van der Waals surface area contributed by atoms with E-state index in [1.165, 1.54) is 0 Å². The summed E-state index contributed by atoms with van der Waals surface area (Å²) in [5.74, 6) is 0. The van der Waals surface area contributed by atoms with E-state index in [1.807, 2.05) is 0 Å². The average Bonchev–Trinajstić information content (AvgIpc) is 2.53. The van der Waals surface area contributed by atoms with E-state index in [9.17, 15) is 0 Å². The summed E-state index contributed by atoms with van der Waals surface area (Å²) in [4.78, 5) is 0. The Morgan fingerprint density at radius 2 is 2.25 bits per heavy atom. The Bertz CT molecular complexity index is 116. The standard InChI is InChI=1S/C9H18O3/c1-3-5-10-6-8-7-11-9(4-2)12-8/h8-9H,3-7H2,1-2H3. The Morgan fingerprint density at radius 3 is 2.83 bits per heavy atom. The van der Waals surface area contributed by atoms with Gasteiger partial charge in [0.1, 0.15) is 6.10 Å². The quantitative estimate of drug-likeness (QED) is 0.592. The minimum Gasteiger partial charge on any atom is -0.379 e. The van der Waals surface area contributed by atoms with Gasteiger partial charge in [-0.05, 0) is 12.8 Å². The molecule has 3 nitrogen and oxygen atoms in total. The van der Waals surface area contributed by atoms with Crippen LogP contribution in [0.5, 0.6) is 0 Å². The van der Waals surface area contributed by atoms with Gasteiger partial charge >= 0.3 is 0 Å². The summed E-state index contributed by atoms with van der Waals surface area (Å²) in [6, 6.07) is 0. The molecule has 0 aromatic heterocycles. The Labute approximate surface area is 74.0 Å². The van der Waals surface area contributed by atoms with E-state index in [-0.39, 0.29) is 12.4 Å². The maximum atomic E-state index is 5.51. The molecule has 0 saturated carbocycles. The fourth-order valence-corrected chi connectivity index (χ4v) is 1.17. The van der Waals surface area contributed by atoms with Gasteiger partial charge in [-0.1, -0.05) is 13.8 Å². The molecular weight excluding hydrogens is 156 g/mol. The van der Waals surface area contributed by atoms with Crippen LogP contribution in [0, 0.1) is 0 Å². The molecule has 0 aromatic carbocycles. The lowest BCUT2D eigenvalue weighted by molar-refractivity contribution is -0.0720. The van der Waals surface area contributed by atoms with Gasteiger partial charge in [-0.25, -0.2) is 0 Å². The average molecular weight is 174 g/mol. The molecule has 0 spiro atoms. The lowest BCUT2D eigenvalue weighted by atomic mass is 10.4. The van der Waals surface area contributed by atoms with Crippen molar-refractivity contribution >= 4 is 0 Å². The summed E-state index contributed by atoms with van der Waals surface area (Å²) in [6.45, 7) is 6.32. The van der Waals surface area contributed by atoms with Crippen molar-refractivity contribution in [1.29, 1.82) is 0 Å². The molecule has 0 bridgehead atoms. The van der Waals surface area contributed by atoms with Crippen LogP contribution in [0.3, 0.4) is 0 Å². The zero-order valence-electron chi connectivity index (χ0n) is 7.91. The zero-order chi connectivity index (χ0) is 8.81. The van der Waals surface area contributed by atoms with Gasteiger partial charge in [0.15, 0.2) is 6.29 Å². The van der Waals surface area contributed by atoms with Crippen molar-refractivity contribution < 1.29 is 14.2 Å². The topological polar surface area (TPSA) is 27.7 Å². The predicted molar refractivity (Wildman–Crippen MR) is 46.0 cm³/mol. The van der Waals surface area contributed by atoms with Gasteiger partial charge in [0.05, 0.1) is 13.2 Å². The molecule has 1 rings (SSSR count). The normalized spacial score (nSPS) is 29.5. The van der Waals surface area contributed by atoms with Crippen molar-refractivity contribution in [2.75, 3.05) is 19.8 Å². The van der Waals surface area contributed by atoms with Crippen LogP contribution >= 0.6 is 0 Å². The second-order valence-electron chi connectivity index (χ2n) is 3.00. The molecule has 0 N–H and O–H groups in total. The van der Waals surface area contributed by atoms with E-state index in [4.69, 9.17) is 14.2 Å². The third-order valence-corrected chi connectivity index (χ3v) is 1.80. The van der Waals surface area contributed by atoms with E-state index in [0.717, 1.165) is 19.4 Å². The fraction of sp³-hybridized carbons (Fsp3) is 1.00. The highest BCUT2D eigenvalue weighted by atomic mass is 16.7. The third kappa shape index (κ3) is 3.09. The molecule has 12 heavy (non-hydrogen) atoms. The zero-order valence-corrected chi connectivity index (χ0v) is 7.91. The van der Waals surface area contributed by atoms with Gasteiger partial charge in [-0.3, -0.25) is 0 Å². The lowest BCUT2D eigenvalue weighted by Gasteiger charge is -2.09. The van der Waals surface area contributed by atoms with E-state index in [2.05, 4.69) is 13.8 Å². The van der Waals surface area contributed by atoms with Crippen LogP contribution in [0.2, 0.25) is 0 Å². The van der Waals surface area contributed by atoms with E-state index in [0.29, 0.717) is 13.2 Å². The number of hydrogen-bond donors (Lipinski definition) is 0. The molecule has 3 heteroatoms. The van der Waals surface area contributed by atoms with E-state index < -0.39 is 0 Å². The highest BCUT2D eigenvalue weighted by molar-refractivity contribution is 4.63. The lowest BCUT2D eigenvalue weighted by Crippen LogP contribution is -2.19. The van der Waals surface area contributed by atoms with Crippen LogP contribution in [0.1, 0.15) is 26.7 Å². The summed E-state index contributed by atoms with van der Waals surface area (Å²) in [5.41, 5.74) is 0. The largest absolute Gasteiger partial charge is 0.379 e. The molecule has 1 aliphatic rings. The molecule has 2 unspecified atom stereocenters. The van der Waals surface area contributed by atoms with Crippen LogP contribution < -0.4 is 0 Å². The van der Waals surface area contributed by atoms with E-state index in [1.54, 1.807) is 0 Å². The van der Waals surface area contributed by atoms with Gasteiger partial charge in [0.25, 0.3) is 0 Å². The first-order valence-electron chi connectivity index (χ1n) is 4.71. The summed E-state index contributed by atoms with van der Waals surface area (Å²) in [5, 5.41) is 0. The van der Waals surface area contributed by atoms with Crippen molar-refractivity contribution in [2.45, 2.75) is 39.1 Å². The number of ether oxygens (including phenoxy) is 3. The predicted octanol–water partition coefficient (Wildman–Crippen LogP) is 1.56. The first-order chi connectivity index (χ1) is 5.86. The van der Waals surface area contributed by atoms with Crippen molar-refractivity contribution in [1.82, 2.24) is 0 Å². The second-order valence-corrected chi connectivity index (χ2v) is 3.00. The highest BCUT2D eigenvalue weighted by Crippen LogP contribution is 2.14. The van der Waals surface area contributed by atoms with Crippen LogP contribution in [-0.4, -0.2) is 32.2 Å². The monoisotopic (exact) mass is 174 g/mol. The first kappa shape index (κ1) is 9.96. The van der Waals surface area contributed by atoms with Gasteiger partial charge in [-0.15, -0.1) is 0 Å². The molecule has 2 atom stereocenters. The number of rotatable bonds is 5. The van der Waals surface area contributed by atoms with Crippen LogP contribution in [0.25, 0.3) is 0 Å². The minimum absolute atomic E-state index is 0.000210.